The van der Waals surface area contributed by atoms with Gasteiger partial charge in [0.2, 0.25) is 5.91 Å². The van der Waals surface area contributed by atoms with Gasteiger partial charge < -0.3 is 5.32 Å². The van der Waals surface area contributed by atoms with Gasteiger partial charge in [-0.1, -0.05) is 49.4 Å². The topological polar surface area (TPSA) is 75.5 Å². The molecule has 1 heterocycles. The number of hydrogen-bond donors (Lipinski definition) is 1. The van der Waals surface area contributed by atoms with Crippen LogP contribution in [-0.2, 0) is 24.3 Å². The second-order valence-electron chi connectivity index (χ2n) is 7.59. The Kier molecular flexibility index (Phi) is 6.76. The van der Waals surface area contributed by atoms with Crippen molar-refractivity contribution in [3.8, 4) is 0 Å². The van der Waals surface area contributed by atoms with Crippen LogP contribution in [-0.4, -0.2) is 28.8 Å². The average Bonchev–Trinajstić information content (AvgIpc) is 2.67. The Morgan fingerprint density at radius 3 is 2.54 bits per heavy atom. The minimum atomic E-state index is -0.447. The standard InChI is InChI=1S/C22H27N3O3/c1-17-7-6-12-24(15-17)16-20-10-3-2-9-19(20)14-23-22(26)13-18-8-4-5-11-21(18)25(27)28/h2-5,8-11,17H,6-7,12-16H2,1H3,(H,23,26). The van der Waals surface area contributed by atoms with E-state index in [9.17, 15) is 14.9 Å². The first-order valence-electron chi connectivity index (χ1n) is 9.81. The zero-order chi connectivity index (χ0) is 19.9. The molecule has 0 aromatic heterocycles. The van der Waals surface area contributed by atoms with E-state index in [4.69, 9.17) is 0 Å². The number of carbonyl (C=O) groups excluding carboxylic acids is 1. The first kappa shape index (κ1) is 20.0. The van der Waals surface area contributed by atoms with Gasteiger partial charge in [-0.25, -0.2) is 0 Å². The fourth-order valence-electron chi connectivity index (χ4n) is 3.82. The smallest absolute Gasteiger partial charge is 0.273 e. The summed E-state index contributed by atoms with van der Waals surface area (Å²) in [6.07, 6.45) is 2.53. The van der Waals surface area contributed by atoms with Crippen molar-refractivity contribution in [2.24, 2.45) is 5.92 Å². The van der Waals surface area contributed by atoms with Gasteiger partial charge in [0.25, 0.3) is 5.69 Å². The summed E-state index contributed by atoms with van der Waals surface area (Å²) in [5.41, 5.74) is 2.73. The van der Waals surface area contributed by atoms with Crippen LogP contribution < -0.4 is 5.32 Å². The number of carbonyl (C=O) groups is 1. The summed E-state index contributed by atoms with van der Waals surface area (Å²) < 4.78 is 0. The van der Waals surface area contributed by atoms with Gasteiger partial charge >= 0.3 is 0 Å². The minimum Gasteiger partial charge on any atom is -0.352 e. The van der Waals surface area contributed by atoms with E-state index in [1.165, 1.54) is 24.5 Å². The van der Waals surface area contributed by atoms with Gasteiger partial charge in [0.05, 0.1) is 11.3 Å². The number of hydrogen-bond acceptors (Lipinski definition) is 4. The predicted molar refractivity (Wildman–Crippen MR) is 109 cm³/mol. The average molecular weight is 381 g/mol. The lowest BCUT2D eigenvalue weighted by molar-refractivity contribution is -0.385. The van der Waals surface area contributed by atoms with Gasteiger partial charge in [0.1, 0.15) is 0 Å². The first-order valence-corrected chi connectivity index (χ1v) is 9.81. The van der Waals surface area contributed by atoms with Crippen molar-refractivity contribution in [3.63, 3.8) is 0 Å². The first-order chi connectivity index (χ1) is 13.5. The molecule has 6 nitrogen and oxygen atoms in total. The SMILES string of the molecule is CC1CCCN(Cc2ccccc2CNC(=O)Cc2ccccc2[N+](=O)[O-])C1. The van der Waals surface area contributed by atoms with Crippen LogP contribution in [0.25, 0.3) is 0 Å². The molecule has 0 bridgehead atoms. The highest BCUT2D eigenvalue weighted by Gasteiger charge is 2.18. The molecule has 1 amide bonds. The van der Waals surface area contributed by atoms with Crippen molar-refractivity contribution in [1.29, 1.82) is 0 Å². The van der Waals surface area contributed by atoms with E-state index in [1.54, 1.807) is 18.2 Å². The van der Waals surface area contributed by atoms with Crippen LogP contribution >= 0.6 is 0 Å². The van der Waals surface area contributed by atoms with E-state index < -0.39 is 4.92 Å². The molecule has 28 heavy (non-hydrogen) atoms. The fraction of sp³-hybridized carbons (Fsp3) is 0.409. The molecule has 1 unspecified atom stereocenters. The zero-order valence-electron chi connectivity index (χ0n) is 16.3. The highest BCUT2D eigenvalue weighted by molar-refractivity contribution is 5.79. The molecule has 148 valence electrons. The van der Waals surface area contributed by atoms with E-state index in [1.807, 2.05) is 18.2 Å². The van der Waals surface area contributed by atoms with Gasteiger partial charge in [-0.15, -0.1) is 0 Å². The molecular formula is C22H27N3O3. The lowest BCUT2D eigenvalue weighted by Gasteiger charge is -2.31. The van der Waals surface area contributed by atoms with Gasteiger partial charge in [-0.05, 0) is 36.4 Å². The van der Waals surface area contributed by atoms with Crippen LogP contribution in [0.1, 0.15) is 36.5 Å². The molecule has 0 saturated carbocycles. The molecule has 0 aliphatic carbocycles. The summed E-state index contributed by atoms with van der Waals surface area (Å²) in [6.45, 7) is 5.84. The number of para-hydroxylation sites is 1. The second kappa shape index (κ2) is 9.46. The molecule has 1 aliphatic rings. The number of amides is 1. The summed E-state index contributed by atoms with van der Waals surface area (Å²) in [4.78, 5) is 25.5. The Bertz CT molecular complexity index is 837. The van der Waals surface area contributed by atoms with Crippen LogP contribution in [0, 0.1) is 16.0 Å². The number of nitrogens with one attached hydrogen (secondary N) is 1. The third-order valence-electron chi connectivity index (χ3n) is 5.27. The summed E-state index contributed by atoms with van der Waals surface area (Å²) in [5, 5.41) is 14.0. The molecule has 0 spiro atoms. The summed E-state index contributed by atoms with van der Waals surface area (Å²) in [7, 11) is 0. The molecule has 3 rings (SSSR count). The van der Waals surface area contributed by atoms with Crippen molar-refractivity contribution >= 4 is 11.6 Å². The monoisotopic (exact) mass is 381 g/mol. The number of nitro groups is 1. The number of rotatable bonds is 7. The highest BCUT2D eigenvalue weighted by atomic mass is 16.6. The maximum Gasteiger partial charge on any atom is 0.273 e. The van der Waals surface area contributed by atoms with Gasteiger partial charge in [-0.3, -0.25) is 19.8 Å². The van der Waals surface area contributed by atoms with E-state index in [-0.39, 0.29) is 18.0 Å². The molecule has 1 saturated heterocycles. The van der Waals surface area contributed by atoms with E-state index in [0.29, 0.717) is 12.1 Å². The Labute approximate surface area is 165 Å². The maximum absolute atomic E-state index is 12.4. The van der Waals surface area contributed by atoms with Crippen molar-refractivity contribution in [2.45, 2.75) is 39.3 Å². The summed E-state index contributed by atoms with van der Waals surface area (Å²) >= 11 is 0. The lowest BCUT2D eigenvalue weighted by atomic mass is 9.99. The Hall–Kier alpha value is -2.73. The second-order valence-corrected chi connectivity index (χ2v) is 7.59. The molecule has 1 fully saturated rings. The third kappa shape index (κ3) is 5.39. The largest absolute Gasteiger partial charge is 0.352 e. The van der Waals surface area contributed by atoms with Crippen LogP contribution in [0.5, 0.6) is 0 Å². The van der Waals surface area contributed by atoms with Crippen molar-refractivity contribution < 1.29 is 9.72 Å². The number of nitrogens with zero attached hydrogens (tertiary/aromatic N) is 2. The van der Waals surface area contributed by atoms with E-state index >= 15 is 0 Å². The molecule has 2 aromatic carbocycles. The van der Waals surface area contributed by atoms with Crippen molar-refractivity contribution in [1.82, 2.24) is 10.2 Å². The predicted octanol–water partition coefficient (Wildman–Crippen LogP) is 3.69. The molecule has 6 heteroatoms. The van der Waals surface area contributed by atoms with Crippen LogP contribution in [0.2, 0.25) is 0 Å². The van der Waals surface area contributed by atoms with Crippen LogP contribution in [0.4, 0.5) is 5.69 Å². The quantitative estimate of drug-likeness (QED) is 0.586. The van der Waals surface area contributed by atoms with E-state index in [2.05, 4.69) is 23.2 Å². The minimum absolute atomic E-state index is 0.00294. The fourth-order valence-corrected chi connectivity index (χ4v) is 3.82. The number of benzene rings is 2. The van der Waals surface area contributed by atoms with Crippen LogP contribution in [0.3, 0.4) is 0 Å². The van der Waals surface area contributed by atoms with Gasteiger partial charge in [-0.2, -0.15) is 0 Å². The van der Waals surface area contributed by atoms with E-state index in [0.717, 1.165) is 31.1 Å². The van der Waals surface area contributed by atoms with Gasteiger partial charge in [0, 0.05) is 31.3 Å². The Balaban J connectivity index is 1.60. The molecular weight excluding hydrogens is 354 g/mol. The summed E-state index contributed by atoms with van der Waals surface area (Å²) in [5.74, 6) is 0.512. The third-order valence-corrected chi connectivity index (χ3v) is 5.27. The Morgan fingerprint density at radius 1 is 1.14 bits per heavy atom. The van der Waals surface area contributed by atoms with Gasteiger partial charge in [0.15, 0.2) is 0 Å². The van der Waals surface area contributed by atoms with Crippen molar-refractivity contribution in [2.75, 3.05) is 13.1 Å². The summed E-state index contributed by atoms with van der Waals surface area (Å²) in [6, 6.07) is 14.5. The normalized spacial score (nSPS) is 17.2. The maximum atomic E-state index is 12.4. The Morgan fingerprint density at radius 2 is 1.82 bits per heavy atom. The number of nitro benzene ring substituents is 1. The van der Waals surface area contributed by atoms with Crippen LogP contribution in [0.15, 0.2) is 48.5 Å². The lowest BCUT2D eigenvalue weighted by Crippen LogP contribution is -2.34. The molecule has 2 aromatic rings. The number of piperidine rings is 1. The number of likely N-dealkylation sites (tertiary alicyclic amines) is 1. The highest BCUT2D eigenvalue weighted by Crippen LogP contribution is 2.20. The molecule has 1 N–H and O–H groups in total. The molecule has 1 atom stereocenters. The zero-order valence-corrected chi connectivity index (χ0v) is 16.3. The van der Waals surface area contributed by atoms with Crippen molar-refractivity contribution in [3.05, 3.63) is 75.3 Å². The molecule has 1 aliphatic heterocycles. The molecule has 0 radical (unpaired) electrons.